The van der Waals surface area contributed by atoms with Crippen molar-refractivity contribution in [1.82, 2.24) is 0 Å². The standard InChI is InChI=1S/C11H19BrO3/c1-6-15-10(14)11(4,5)9(13)8(12)7(2)3/h7-8H,6H2,1-5H3. The van der Waals surface area contributed by atoms with E-state index in [2.05, 4.69) is 15.9 Å². The number of hydrogen-bond donors (Lipinski definition) is 0. The van der Waals surface area contributed by atoms with Gasteiger partial charge >= 0.3 is 5.97 Å². The molecule has 4 heteroatoms. The molecule has 0 rings (SSSR count). The molecule has 0 aromatic heterocycles. The Balaban J connectivity index is 4.72. The molecule has 3 nitrogen and oxygen atoms in total. The van der Waals surface area contributed by atoms with Crippen LogP contribution in [0.5, 0.6) is 0 Å². The topological polar surface area (TPSA) is 43.4 Å². The Labute approximate surface area is 99.7 Å². The summed E-state index contributed by atoms with van der Waals surface area (Å²) >= 11 is 3.31. The number of Topliss-reactive ketones (excluding diaryl/α,β-unsaturated/α-hetero) is 1. The molecule has 0 aromatic carbocycles. The molecule has 0 bridgehead atoms. The fraction of sp³-hybridized carbons (Fsp3) is 0.818. The fourth-order valence-electron chi connectivity index (χ4n) is 1.06. The van der Waals surface area contributed by atoms with Gasteiger partial charge in [-0.25, -0.2) is 0 Å². The molecule has 0 aliphatic carbocycles. The van der Waals surface area contributed by atoms with Gasteiger partial charge in [-0.2, -0.15) is 0 Å². The van der Waals surface area contributed by atoms with Gasteiger partial charge in [-0.15, -0.1) is 0 Å². The van der Waals surface area contributed by atoms with E-state index in [0.717, 1.165) is 0 Å². The van der Waals surface area contributed by atoms with Gasteiger partial charge in [0.2, 0.25) is 0 Å². The van der Waals surface area contributed by atoms with E-state index in [1.807, 2.05) is 13.8 Å². The maximum Gasteiger partial charge on any atom is 0.319 e. The molecule has 88 valence electrons. The summed E-state index contributed by atoms with van der Waals surface area (Å²) in [5.74, 6) is -0.428. The number of carbonyl (C=O) groups excluding carboxylic acids is 2. The summed E-state index contributed by atoms with van der Waals surface area (Å²) in [4.78, 5) is 23.2. The average molecular weight is 279 g/mol. The molecule has 0 aliphatic heterocycles. The molecular weight excluding hydrogens is 260 g/mol. The lowest BCUT2D eigenvalue weighted by Gasteiger charge is -2.25. The molecule has 0 radical (unpaired) electrons. The van der Waals surface area contributed by atoms with Crippen LogP contribution in [0.15, 0.2) is 0 Å². The normalized spacial score (nSPS) is 13.8. The van der Waals surface area contributed by atoms with Crippen LogP contribution in [0, 0.1) is 11.3 Å². The molecule has 0 amide bonds. The van der Waals surface area contributed by atoms with Crippen LogP contribution in [0.4, 0.5) is 0 Å². The molecular formula is C11H19BrO3. The average Bonchev–Trinajstić information content (AvgIpc) is 2.15. The number of ketones is 1. The molecule has 0 fully saturated rings. The summed E-state index contributed by atoms with van der Waals surface area (Å²) in [6, 6.07) is 0. The Kier molecular flexibility index (Phi) is 5.49. The fourth-order valence-corrected chi connectivity index (χ4v) is 1.63. The highest BCUT2D eigenvalue weighted by Gasteiger charge is 2.41. The Morgan fingerprint density at radius 3 is 2.13 bits per heavy atom. The van der Waals surface area contributed by atoms with Gasteiger partial charge in [-0.1, -0.05) is 29.8 Å². The van der Waals surface area contributed by atoms with Crippen molar-refractivity contribution in [1.29, 1.82) is 0 Å². The van der Waals surface area contributed by atoms with E-state index >= 15 is 0 Å². The summed E-state index contributed by atoms with van der Waals surface area (Å²) in [5.41, 5.74) is -1.07. The van der Waals surface area contributed by atoms with Crippen LogP contribution in [0.2, 0.25) is 0 Å². The van der Waals surface area contributed by atoms with Crippen molar-refractivity contribution in [2.24, 2.45) is 11.3 Å². The summed E-state index contributed by atoms with van der Waals surface area (Å²) in [6.07, 6.45) is 0. The zero-order valence-corrected chi connectivity index (χ0v) is 11.6. The van der Waals surface area contributed by atoms with Gasteiger partial charge in [0.15, 0.2) is 5.78 Å². The first-order chi connectivity index (χ1) is 6.75. The van der Waals surface area contributed by atoms with Crippen LogP contribution < -0.4 is 0 Å². The van der Waals surface area contributed by atoms with Crippen molar-refractivity contribution >= 4 is 27.7 Å². The molecule has 0 saturated heterocycles. The van der Waals surface area contributed by atoms with E-state index in [9.17, 15) is 9.59 Å². The van der Waals surface area contributed by atoms with E-state index in [1.165, 1.54) is 0 Å². The van der Waals surface area contributed by atoms with Crippen LogP contribution in [-0.4, -0.2) is 23.2 Å². The van der Waals surface area contributed by atoms with Crippen molar-refractivity contribution in [2.75, 3.05) is 6.61 Å². The number of carbonyl (C=O) groups is 2. The van der Waals surface area contributed by atoms with E-state index in [-0.39, 0.29) is 16.5 Å². The minimum Gasteiger partial charge on any atom is -0.465 e. The summed E-state index contributed by atoms with van der Waals surface area (Å²) in [5, 5.41) is 0. The first kappa shape index (κ1) is 14.6. The van der Waals surface area contributed by atoms with Gasteiger partial charge < -0.3 is 4.74 Å². The molecule has 0 spiro atoms. The molecule has 15 heavy (non-hydrogen) atoms. The molecule has 0 heterocycles. The molecule has 0 aromatic rings. The van der Waals surface area contributed by atoms with Gasteiger partial charge in [0.25, 0.3) is 0 Å². The van der Waals surface area contributed by atoms with Crippen LogP contribution >= 0.6 is 15.9 Å². The van der Waals surface area contributed by atoms with Crippen molar-refractivity contribution in [2.45, 2.75) is 39.4 Å². The first-order valence-electron chi connectivity index (χ1n) is 5.10. The number of rotatable bonds is 5. The van der Waals surface area contributed by atoms with Gasteiger partial charge in [-0.3, -0.25) is 9.59 Å². The lowest BCUT2D eigenvalue weighted by molar-refractivity contribution is -0.157. The van der Waals surface area contributed by atoms with Gasteiger partial charge in [0, 0.05) is 0 Å². The zero-order chi connectivity index (χ0) is 12.2. The highest BCUT2D eigenvalue weighted by Crippen LogP contribution is 2.27. The number of hydrogen-bond acceptors (Lipinski definition) is 3. The highest BCUT2D eigenvalue weighted by atomic mass is 79.9. The Morgan fingerprint density at radius 1 is 1.33 bits per heavy atom. The van der Waals surface area contributed by atoms with Crippen LogP contribution in [0.1, 0.15) is 34.6 Å². The van der Waals surface area contributed by atoms with E-state index in [1.54, 1.807) is 20.8 Å². The Bertz CT molecular complexity index is 246. The maximum absolute atomic E-state index is 12.0. The van der Waals surface area contributed by atoms with Crippen LogP contribution in [0.25, 0.3) is 0 Å². The number of halogens is 1. The quantitative estimate of drug-likeness (QED) is 0.441. The lowest BCUT2D eigenvalue weighted by atomic mass is 9.84. The van der Waals surface area contributed by atoms with E-state index in [4.69, 9.17) is 4.74 Å². The third kappa shape index (κ3) is 3.59. The predicted molar refractivity (Wildman–Crippen MR) is 63.0 cm³/mol. The second kappa shape index (κ2) is 5.64. The predicted octanol–water partition coefficient (Wildman–Crippen LogP) is 2.56. The van der Waals surface area contributed by atoms with Gasteiger partial charge in [0.05, 0.1) is 11.4 Å². The van der Waals surface area contributed by atoms with Crippen molar-refractivity contribution < 1.29 is 14.3 Å². The second-order valence-electron chi connectivity index (χ2n) is 4.36. The van der Waals surface area contributed by atoms with Crippen LogP contribution in [0.3, 0.4) is 0 Å². The highest BCUT2D eigenvalue weighted by molar-refractivity contribution is 9.10. The first-order valence-corrected chi connectivity index (χ1v) is 6.02. The molecule has 0 N–H and O–H groups in total. The lowest BCUT2D eigenvalue weighted by Crippen LogP contribution is -2.41. The molecule has 1 unspecified atom stereocenters. The number of ether oxygens (including phenoxy) is 1. The van der Waals surface area contributed by atoms with Crippen molar-refractivity contribution in [3.8, 4) is 0 Å². The minimum atomic E-state index is -1.07. The van der Waals surface area contributed by atoms with Crippen molar-refractivity contribution in [3.63, 3.8) is 0 Å². The second-order valence-corrected chi connectivity index (χ2v) is 5.34. The minimum absolute atomic E-state index is 0.129. The largest absolute Gasteiger partial charge is 0.465 e. The zero-order valence-electron chi connectivity index (χ0n) is 9.96. The molecule has 0 saturated carbocycles. The number of alkyl halides is 1. The Morgan fingerprint density at radius 2 is 1.80 bits per heavy atom. The molecule has 0 aliphatic rings. The maximum atomic E-state index is 12.0. The summed E-state index contributed by atoms with van der Waals surface area (Å²) in [6.45, 7) is 9.09. The van der Waals surface area contributed by atoms with Crippen LogP contribution in [-0.2, 0) is 14.3 Å². The van der Waals surface area contributed by atoms with Gasteiger partial charge in [-0.05, 0) is 26.7 Å². The molecule has 1 atom stereocenters. The summed E-state index contributed by atoms with van der Waals surface area (Å²) in [7, 11) is 0. The monoisotopic (exact) mass is 278 g/mol. The third-order valence-electron chi connectivity index (χ3n) is 2.24. The van der Waals surface area contributed by atoms with E-state index in [0.29, 0.717) is 6.61 Å². The smallest absolute Gasteiger partial charge is 0.319 e. The SMILES string of the molecule is CCOC(=O)C(C)(C)C(=O)C(Br)C(C)C. The van der Waals surface area contributed by atoms with Crippen molar-refractivity contribution in [3.05, 3.63) is 0 Å². The Hall–Kier alpha value is -0.380. The van der Waals surface area contributed by atoms with E-state index < -0.39 is 11.4 Å². The third-order valence-corrected chi connectivity index (χ3v) is 3.71. The summed E-state index contributed by atoms with van der Waals surface area (Å²) < 4.78 is 4.88. The number of esters is 1. The van der Waals surface area contributed by atoms with Gasteiger partial charge in [0.1, 0.15) is 5.41 Å².